The Labute approximate surface area is 138 Å². The van der Waals surface area contributed by atoms with Crippen molar-refractivity contribution < 1.29 is 14.1 Å². The summed E-state index contributed by atoms with van der Waals surface area (Å²) in [6.07, 6.45) is 1.67. The predicted octanol–water partition coefficient (Wildman–Crippen LogP) is 1.75. The summed E-state index contributed by atoms with van der Waals surface area (Å²) in [6.45, 7) is 3.85. The van der Waals surface area contributed by atoms with Crippen LogP contribution in [0.4, 0.5) is 5.82 Å². The van der Waals surface area contributed by atoms with E-state index >= 15 is 0 Å². The van der Waals surface area contributed by atoms with Crippen molar-refractivity contribution in [1.29, 1.82) is 0 Å². The van der Waals surface area contributed by atoms with Gasteiger partial charge < -0.3 is 15.2 Å². The molecule has 2 N–H and O–H groups in total. The number of thioether (sulfide) groups is 1. The monoisotopic (exact) mass is 334 g/mol. The van der Waals surface area contributed by atoms with Crippen LogP contribution >= 0.6 is 11.8 Å². The summed E-state index contributed by atoms with van der Waals surface area (Å²) in [6, 6.07) is 7.15. The second kappa shape index (κ2) is 8.33. The van der Waals surface area contributed by atoms with E-state index in [1.165, 1.54) is 11.8 Å². The molecule has 0 aliphatic carbocycles. The van der Waals surface area contributed by atoms with E-state index in [2.05, 4.69) is 20.8 Å². The molecule has 0 spiro atoms. The van der Waals surface area contributed by atoms with Crippen molar-refractivity contribution >= 4 is 29.4 Å². The number of amides is 2. The number of anilines is 1. The number of aryl methyl sites for hydroxylation is 1. The Bertz CT molecular complexity index is 660. The van der Waals surface area contributed by atoms with Crippen LogP contribution in [0.3, 0.4) is 0 Å². The van der Waals surface area contributed by atoms with Crippen molar-refractivity contribution in [2.75, 3.05) is 11.1 Å². The number of carbonyl (C=O) groups is 2. The van der Waals surface area contributed by atoms with Crippen molar-refractivity contribution in [3.05, 3.63) is 41.9 Å². The van der Waals surface area contributed by atoms with Crippen LogP contribution < -0.4 is 10.6 Å². The molecule has 0 aliphatic heterocycles. The highest BCUT2D eigenvalue weighted by molar-refractivity contribution is 8.01. The molecule has 0 fully saturated rings. The van der Waals surface area contributed by atoms with Crippen molar-refractivity contribution in [2.45, 2.75) is 25.6 Å². The molecule has 1 atom stereocenters. The number of hydrogen-bond donors (Lipinski definition) is 2. The third-order valence-electron chi connectivity index (χ3n) is 2.91. The number of carbonyl (C=O) groups excluding carboxylic acids is 2. The van der Waals surface area contributed by atoms with Crippen LogP contribution in [0, 0.1) is 6.92 Å². The summed E-state index contributed by atoms with van der Waals surface area (Å²) in [4.78, 5) is 27.9. The molecule has 8 heteroatoms. The van der Waals surface area contributed by atoms with E-state index in [1.54, 1.807) is 26.1 Å². The average Bonchev–Trinajstić information content (AvgIpc) is 2.96. The lowest BCUT2D eigenvalue weighted by Crippen LogP contribution is -2.28. The number of nitrogens with zero attached hydrogens (tertiary/aromatic N) is 2. The highest BCUT2D eigenvalue weighted by atomic mass is 32.2. The van der Waals surface area contributed by atoms with Crippen LogP contribution in [0.15, 0.2) is 35.0 Å². The number of hydrogen-bond acceptors (Lipinski definition) is 6. The van der Waals surface area contributed by atoms with Gasteiger partial charge in [-0.1, -0.05) is 11.2 Å². The second-order valence-corrected chi connectivity index (χ2v) is 6.19. The van der Waals surface area contributed by atoms with Gasteiger partial charge in [0.15, 0.2) is 5.82 Å². The molecule has 1 unspecified atom stereocenters. The van der Waals surface area contributed by atoms with Crippen LogP contribution in [0.25, 0.3) is 0 Å². The van der Waals surface area contributed by atoms with Crippen molar-refractivity contribution in [3.63, 3.8) is 0 Å². The van der Waals surface area contributed by atoms with Gasteiger partial charge in [-0.3, -0.25) is 14.6 Å². The zero-order valence-electron chi connectivity index (χ0n) is 12.9. The quantitative estimate of drug-likeness (QED) is 0.801. The topological polar surface area (TPSA) is 97.1 Å². The fraction of sp³-hybridized carbons (Fsp3) is 0.333. The first kappa shape index (κ1) is 17.0. The number of rotatable bonds is 7. The molecule has 0 aliphatic rings. The van der Waals surface area contributed by atoms with Gasteiger partial charge >= 0.3 is 0 Å². The Morgan fingerprint density at radius 3 is 2.87 bits per heavy atom. The second-order valence-electron chi connectivity index (χ2n) is 4.86. The van der Waals surface area contributed by atoms with E-state index < -0.39 is 0 Å². The summed E-state index contributed by atoms with van der Waals surface area (Å²) in [5.74, 6) is 0.826. The lowest BCUT2D eigenvalue weighted by molar-refractivity contribution is -0.118. The first-order valence-corrected chi connectivity index (χ1v) is 8.12. The van der Waals surface area contributed by atoms with Crippen molar-refractivity contribution in [3.8, 4) is 0 Å². The smallest absolute Gasteiger partial charge is 0.238 e. The normalized spacial score (nSPS) is 11.7. The maximum atomic E-state index is 12.0. The van der Waals surface area contributed by atoms with Gasteiger partial charge in [0.05, 0.1) is 23.2 Å². The third-order valence-corrected chi connectivity index (χ3v) is 4.05. The molecule has 122 valence electrons. The van der Waals surface area contributed by atoms with E-state index in [-0.39, 0.29) is 22.8 Å². The van der Waals surface area contributed by atoms with Crippen LogP contribution in [-0.2, 0) is 16.1 Å². The maximum Gasteiger partial charge on any atom is 0.238 e. The Hall–Kier alpha value is -2.35. The van der Waals surface area contributed by atoms with Gasteiger partial charge in [-0.2, -0.15) is 0 Å². The molecule has 7 nitrogen and oxygen atoms in total. The number of nitrogens with one attached hydrogen (secondary N) is 2. The molecular weight excluding hydrogens is 316 g/mol. The highest BCUT2D eigenvalue weighted by Gasteiger charge is 2.16. The van der Waals surface area contributed by atoms with E-state index in [4.69, 9.17) is 4.52 Å². The fourth-order valence-corrected chi connectivity index (χ4v) is 2.39. The minimum absolute atomic E-state index is 0.141. The molecule has 23 heavy (non-hydrogen) atoms. The first-order valence-electron chi connectivity index (χ1n) is 7.07. The summed E-state index contributed by atoms with van der Waals surface area (Å²) in [5, 5.41) is 8.71. The van der Waals surface area contributed by atoms with Gasteiger partial charge in [-0.25, -0.2) is 0 Å². The van der Waals surface area contributed by atoms with Crippen molar-refractivity contribution in [2.24, 2.45) is 0 Å². The van der Waals surface area contributed by atoms with Crippen LogP contribution in [0.5, 0.6) is 0 Å². The van der Waals surface area contributed by atoms with Gasteiger partial charge in [-0.15, -0.1) is 11.8 Å². The standard InChI is InChI=1S/C15H18N4O3S/c1-10-7-13(19-22-10)18-15(21)11(2)23-9-14(20)17-8-12-5-3-4-6-16-12/h3-7,11H,8-9H2,1-2H3,(H,17,20)(H,18,19,21). The van der Waals surface area contributed by atoms with E-state index in [0.29, 0.717) is 18.1 Å². The molecule has 2 amide bonds. The summed E-state index contributed by atoms with van der Waals surface area (Å²) < 4.78 is 4.88. The first-order chi connectivity index (χ1) is 11.0. The maximum absolute atomic E-state index is 12.0. The molecule has 2 aromatic rings. The number of pyridine rings is 1. The lowest BCUT2D eigenvalue weighted by atomic mass is 10.3. The minimum atomic E-state index is -0.382. The van der Waals surface area contributed by atoms with Gasteiger partial charge in [0, 0.05) is 12.3 Å². The van der Waals surface area contributed by atoms with Crippen LogP contribution in [0.1, 0.15) is 18.4 Å². The lowest BCUT2D eigenvalue weighted by Gasteiger charge is -2.10. The molecule has 2 heterocycles. The Balaban J connectivity index is 1.69. The Morgan fingerprint density at radius 2 is 2.22 bits per heavy atom. The minimum Gasteiger partial charge on any atom is -0.360 e. The third kappa shape index (κ3) is 5.74. The van der Waals surface area contributed by atoms with Crippen LogP contribution in [0.2, 0.25) is 0 Å². The summed E-state index contributed by atoms with van der Waals surface area (Å²) in [7, 11) is 0. The number of aromatic nitrogens is 2. The highest BCUT2D eigenvalue weighted by Crippen LogP contribution is 2.14. The molecule has 0 saturated heterocycles. The molecule has 2 aromatic heterocycles. The van der Waals surface area contributed by atoms with E-state index in [1.807, 2.05) is 18.2 Å². The van der Waals surface area contributed by atoms with Gasteiger partial charge in [0.1, 0.15) is 5.76 Å². The largest absolute Gasteiger partial charge is 0.360 e. The van der Waals surface area contributed by atoms with Gasteiger partial charge in [-0.05, 0) is 26.0 Å². The molecule has 0 radical (unpaired) electrons. The Kier molecular flexibility index (Phi) is 6.16. The summed E-state index contributed by atoms with van der Waals surface area (Å²) in [5.41, 5.74) is 0.790. The zero-order valence-corrected chi connectivity index (χ0v) is 13.7. The fourth-order valence-electron chi connectivity index (χ4n) is 1.67. The molecule has 0 bridgehead atoms. The molecular formula is C15H18N4O3S. The molecule has 0 saturated carbocycles. The summed E-state index contributed by atoms with van der Waals surface area (Å²) >= 11 is 1.25. The van der Waals surface area contributed by atoms with Gasteiger partial charge in [0.25, 0.3) is 0 Å². The molecule has 0 aromatic carbocycles. The average molecular weight is 334 g/mol. The molecule has 2 rings (SSSR count). The SMILES string of the molecule is Cc1cc(NC(=O)C(C)SCC(=O)NCc2ccccn2)no1. The van der Waals surface area contributed by atoms with Gasteiger partial charge in [0.2, 0.25) is 11.8 Å². The van der Waals surface area contributed by atoms with E-state index in [0.717, 1.165) is 5.69 Å². The zero-order chi connectivity index (χ0) is 16.7. The Morgan fingerprint density at radius 1 is 1.39 bits per heavy atom. The van der Waals surface area contributed by atoms with Crippen molar-refractivity contribution in [1.82, 2.24) is 15.5 Å². The predicted molar refractivity (Wildman–Crippen MR) is 87.9 cm³/mol. The van der Waals surface area contributed by atoms with E-state index in [9.17, 15) is 9.59 Å². The van der Waals surface area contributed by atoms with Crippen LogP contribution in [-0.4, -0.2) is 33.0 Å².